The molecule has 0 radical (unpaired) electrons. The quantitative estimate of drug-likeness (QED) is 0.717. The fraction of sp³-hybridized carbons (Fsp3) is 0.800. The first-order valence-electron chi connectivity index (χ1n) is 4.64. The highest BCUT2D eigenvalue weighted by Crippen LogP contribution is 2.08. The average Bonchev–Trinajstić information content (AvgIpc) is 1.78. The Bertz CT molecular complexity index is 163. The van der Waals surface area contributed by atoms with E-state index in [9.17, 15) is 4.79 Å². The van der Waals surface area contributed by atoms with Gasteiger partial charge in [0.1, 0.15) is 0 Å². The van der Waals surface area contributed by atoms with Crippen molar-refractivity contribution in [3.8, 4) is 0 Å². The zero-order chi connectivity index (χ0) is 13.0. The van der Waals surface area contributed by atoms with Crippen LogP contribution >= 0.6 is 24.4 Å². The molecule has 3 N–H and O–H groups in total. The summed E-state index contributed by atoms with van der Waals surface area (Å²) in [5.74, 6) is -0.833. The van der Waals surface area contributed by atoms with Crippen LogP contribution < -0.4 is 0 Å². The third kappa shape index (κ3) is 157. The van der Waals surface area contributed by atoms with Gasteiger partial charge in [-0.1, -0.05) is 39.5 Å². The molecule has 16 heavy (non-hydrogen) atoms. The molecule has 0 rings (SSSR count). The van der Waals surface area contributed by atoms with Crippen LogP contribution in [0.5, 0.6) is 0 Å². The zero-order valence-corrected chi connectivity index (χ0v) is 12.5. The van der Waals surface area contributed by atoms with Crippen molar-refractivity contribution >= 4 is 35.5 Å². The molecular weight excluding hydrogens is 248 g/mol. The number of thioether (sulfide) groups is 1. The minimum atomic E-state index is -0.833. The van der Waals surface area contributed by atoms with Crippen molar-refractivity contribution in [1.29, 1.82) is 0 Å². The van der Waals surface area contributed by atoms with Crippen LogP contribution in [0.2, 0.25) is 0 Å². The molecule has 0 saturated heterocycles. The highest BCUT2D eigenvalue weighted by molar-refractivity contribution is 8.14. The first kappa shape index (κ1) is 24.9. The summed E-state index contributed by atoms with van der Waals surface area (Å²) in [6, 6.07) is 0. The number of carboxylic acids is 1. The number of carboxylic acid groups (broad SMARTS) is 1. The van der Waals surface area contributed by atoms with Crippen LogP contribution in [0.1, 0.15) is 41.5 Å². The molecule has 100 valence electrons. The van der Waals surface area contributed by atoms with E-state index in [4.69, 9.17) is 9.90 Å². The number of hydrogen-bond acceptors (Lipinski definition) is 4. The standard InChI is InChI=1S/C5H10OS.C3H8S.C2H4O2.H2O/c1-4(2)7-5(3)6;1-3(2)4;1-2(3)4;/h4H,1-3H3;3-4H,1-2H3;1H3,(H,3,4);1H2. The third-order valence-electron chi connectivity index (χ3n) is 0.402. The summed E-state index contributed by atoms with van der Waals surface area (Å²) in [4.78, 5) is 19.2. The topological polar surface area (TPSA) is 85.9 Å². The average molecular weight is 272 g/mol. The van der Waals surface area contributed by atoms with E-state index < -0.39 is 5.97 Å². The first-order chi connectivity index (χ1) is 6.59. The van der Waals surface area contributed by atoms with Crippen LogP contribution in [-0.4, -0.2) is 32.2 Å². The van der Waals surface area contributed by atoms with Gasteiger partial charge in [0, 0.05) is 19.1 Å². The lowest BCUT2D eigenvalue weighted by Crippen LogP contribution is -1.90. The van der Waals surface area contributed by atoms with Crippen molar-refractivity contribution in [3.63, 3.8) is 0 Å². The molecule has 0 saturated carbocycles. The molecule has 0 unspecified atom stereocenters. The molecule has 0 aromatic rings. The summed E-state index contributed by atoms with van der Waals surface area (Å²) < 4.78 is 0. The van der Waals surface area contributed by atoms with E-state index >= 15 is 0 Å². The third-order valence-corrected chi connectivity index (χ3v) is 1.20. The van der Waals surface area contributed by atoms with E-state index in [1.807, 2.05) is 27.7 Å². The number of aliphatic carboxylic acids is 1. The Morgan fingerprint density at radius 2 is 1.31 bits per heavy atom. The predicted molar refractivity (Wildman–Crippen MR) is 74.5 cm³/mol. The van der Waals surface area contributed by atoms with Gasteiger partial charge in [0.25, 0.3) is 5.97 Å². The van der Waals surface area contributed by atoms with Gasteiger partial charge in [0.2, 0.25) is 0 Å². The zero-order valence-electron chi connectivity index (χ0n) is 10.8. The molecule has 0 aromatic carbocycles. The Balaban J connectivity index is -0.0000000700. The lowest BCUT2D eigenvalue weighted by molar-refractivity contribution is -0.134. The molecular formula is C10H24O4S2. The summed E-state index contributed by atoms with van der Waals surface area (Å²) in [6.45, 7) is 10.7. The highest BCUT2D eigenvalue weighted by Gasteiger charge is 1.95. The molecule has 0 fully saturated rings. The second-order valence-corrected chi connectivity index (χ2v) is 6.06. The van der Waals surface area contributed by atoms with Gasteiger partial charge >= 0.3 is 0 Å². The van der Waals surface area contributed by atoms with Crippen LogP contribution in [0.4, 0.5) is 0 Å². The molecule has 0 amide bonds. The lowest BCUT2D eigenvalue weighted by atomic mass is 10.6. The van der Waals surface area contributed by atoms with Gasteiger partial charge in [-0.15, -0.1) is 0 Å². The fourth-order valence-corrected chi connectivity index (χ4v) is 0.996. The summed E-state index contributed by atoms with van der Waals surface area (Å²) >= 11 is 5.34. The smallest absolute Gasteiger partial charge is 0.300 e. The van der Waals surface area contributed by atoms with E-state index in [-0.39, 0.29) is 10.6 Å². The molecule has 0 atom stereocenters. The monoisotopic (exact) mass is 272 g/mol. The molecule has 0 aliphatic heterocycles. The molecule has 4 nitrogen and oxygen atoms in total. The predicted octanol–water partition coefficient (Wildman–Crippen LogP) is 2.27. The SMILES string of the molecule is CC(=O)O.CC(=O)SC(C)C.CC(C)S.O. The molecule has 0 spiro atoms. The van der Waals surface area contributed by atoms with E-state index in [0.717, 1.165) is 6.92 Å². The van der Waals surface area contributed by atoms with Crippen molar-refractivity contribution in [3.05, 3.63) is 0 Å². The maximum atomic E-state index is 10.2. The minimum Gasteiger partial charge on any atom is -0.481 e. The lowest BCUT2D eigenvalue weighted by Gasteiger charge is -1.95. The normalized spacial score (nSPS) is 8.06. The number of carbonyl (C=O) groups excluding carboxylic acids is 1. The van der Waals surface area contributed by atoms with Gasteiger partial charge in [0.05, 0.1) is 0 Å². The van der Waals surface area contributed by atoms with Gasteiger partial charge in [0.15, 0.2) is 5.12 Å². The van der Waals surface area contributed by atoms with Crippen LogP contribution in [0.15, 0.2) is 0 Å². The van der Waals surface area contributed by atoms with Gasteiger partial charge in [-0.05, 0) is 5.25 Å². The minimum absolute atomic E-state index is 0. The van der Waals surface area contributed by atoms with Crippen LogP contribution in [0.25, 0.3) is 0 Å². The largest absolute Gasteiger partial charge is 0.481 e. The summed E-state index contributed by atoms with van der Waals surface area (Å²) in [6.07, 6.45) is 0. The number of thiol groups is 1. The van der Waals surface area contributed by atoms with Crippen LogP contribution in [0.3, 0.4) is 0 Å². The second-order valence-electron chi connectivity index (χ2n) is 3.27. The molecule has 0 aliphatic rings. The maximum Gasteiger partial charge on any atom is 0.300 e. The van der Waals surface area contributed by atoms with E-state index in [2.05, 4.69) is 12.6 Å². The highest BCUT2D eigenvalue weighted by atomic mass is 32.2. The molecule has 0 aromatic heterocycles. The van der Waals surface area contributed by atoms with Crippen molar-refractivity contribution in [1.82, 2.24) is 0 Å². The summed E-state index contributed by atoms with van der Waals surface area (Å²) in [5.41, 5.74) is 0. The Hall–Kier alpha value is -0.200. The summed E-state index contributed by atoms with van der Waals surface area (Å²) in [7, 11) is 0. The number of rotatable bonds is 1. The Kier molecular flexibility index (Phi) is 26.7. The molecule has 0 bridgehead atoms. The summed E-state index contributed by atoms with van der Waals surface area (Å²) in [5, 5.41) is 8.59. The number of hydrogen-bond donors (Lipinski definition) is 2. The first-order valence-corrected chi connectivity index (χ1v) is 6.04. The maximum absolute atomic E-state index is 10.2. The van der Waals surface area contributed by atoms with Crippen molar-refractivity contribution in [2.24, 2.45) is 0 Å². The molecule has 0 aliphatic carbocycles. The van der Waals surface area contributed by atoms with Gasteiger partial charge in [-0.25, -0.2) is 0 Å². The van der Waals surface area contributed by atoms with Gasteiger partial charge in [-0.2, -0.15) is 12.6 Å². The van der Waals surface area contributed by atoms with Gasteiger partial charge in [-0.3, -0.25) is 9.59 Å². The number of carbonyl (C=O) groups is 2. The van der Waals surface area contributed by atoms with Crippen LogP contribution in [-0.2, 0) is 9.59 Å². The van der Waals surface area contributed by atoms with E-state index in [0.29, 0.717) is 10.5 Å². The van der Waals surface area contributed by atoms with E-state index in [1.54, 1.807) is 6.92 Å². The van der Waals surface area contributed by atoms with E-state index in [1.165, 1.54) is 11.8 Å². The molecule has 6 heteroatoms. The van der Waals surface area contributed by atoms with Crippen molar-refractivity contribution in [2.75, 3.05) is 0 Å². The van der Waals surface area contributed by atoms with Crippen molar-refractivity contribution in [2.45, 2.75) is 52.0 Å². The Morgan fingerprint density at radius 1 is 1.12 bits per heavy atom. The second kappa shape index (κ2) is 17.2. The fourth-order valence-electron chi connectivity index (χ4n) is 0.332. The Morgan fingerprint density at radius 3 is 1.31 bits per heavy atom. The Labute approximate surface area is 108 Å². The van der Waals surface area contributed by atoms with Gasteiger partial charge < -0.3 is 10.6 Å². The molecule has 0 heterocycles. The van der Waals surface area contributed by atoms with Crippen LogP contribution in [0, 0.1) is 0 Å². The van der Waals surface area contributed by atoms with Crippen molar-refractivity contribution < 1.29 is 20.2 Å².